The number of benzodiazepines with no additional fused rings is 1. The van der Waals surface area contributed by atoms with E-state index in [9.17, 15) is 19.5 Å². The van der Waals surface area contributed by atoms with Crippen molar-refractivity contribution in [2.75, 3.05) is 5.32 Å². The number of anilines is 1. The van der Waals surface area contributed by atoms with Crippen LogP contribution in [0.4, 0.5) is 5.69 Å². The predicted octanol–water partition coefficient (Wildman–Crippen LogP) is 3.27. The van der Waals surface area contributed by atoms with Gasteiger partial charge in [-0.05, 0) is 18.2 Å². The summed E-state index contributed by atoms with van der Waals surface area (Å²) in [6.45, 7) is -0.392. The van der Waals surface area contributed by atoms with Crippen LogP contribution in [0.3, 0.4) is 0 Å². The quantitative estimate of drug-likeness (QED) is 0.431. The van der Waals surface area contributed by atoms with Crippen molar-refractivity contribution in [2.24, 2.45) is 4.99 Å². The molecule has 1 aliphatic rings. The van der Waals surface area contributed by atoms with Crippen LogP contribution in [0.1, 0.15) is 21.6 Å². The molecule has 8 nitrogen and oxygen atoms in total. The third-order valence-corrected chi connectivity index (χ3v) is 5.60. The van der Waals surface area contributed by atoms with E-state index in [-0.39, 0.29) is 5.69 Å². The number of nitrogens with one attached hydrogen (secondary N) is 2. The first kappa shape index (κ1) is 21.1. The molecule has 0 saturated carbocycles. The Bertz CT molecular complexity index is 1460. The summed E-state index contributed by atoms with van der Waals surface area (Å²) in [4.78, 5) is 42.4. The molecule has 0 aliphatic carbocycles. The molecule has 2 heterocycles. The van der Waals surface area contributed by atoms with Crippen molar-refractivity contribution in [1.29, 1.82) is 0 Å². The van der Waals surface area contributed by atoms with Crippen LogP contribution in [0, 0.1) is 0 Å². The molecule has 1 aromatic heterocycles. The third kappa shape index (κ3) is 3.93. The Kier molecular flexibility index (Phi) is 5.39. The maximum absolute atomic E-state index is 13.3. The van der Waals surface area contributed by atoms with E-state index in [0.717, 1.165) is 16.5 Å². The van der Waals surface area contributed by atoms with Crippen LogP contribution in [-0.4, -0.2) is 39.3 Å². The summed E-state index contributed by atoms with van der Waals surface area (Å²) >= 11 is 0. The molecule has 3 N–H and O–H groups in total. The molecule has 0 saturated heterocycles. The third-order valence-electron chi connectivity index (χ3n) is 5.60. The van der Waals surface area contributed by atoms with Gasteiger partial charge in [0.05, 0.1) is 11.4 Å². The highest BCUT2D eigenvalue weighted by atomic mass is 16.4. The van der Waals surface area contributed by atoms with Crippen molar-refractivity contribution in [2.45, 2.75) is 12.7 Å². The fourth-order valence-electron chi connectivity index (χ4n) is 4.08. The summed E-state index contributed by atoms with van der Waals surface area (Å²) in [7, 11) is 0. The van der Waals surface area contributed by atoms with Gasteiger partial charge >= 0.3 is 5.97 Å². The van der Waals surface area contributed by atoms with E-state index in [1.165, 1.54) is 4.57 Å². The molecule has 168 valence electrons. The standard InChI is InChI=1S/C26H20N4O4/c31-22(32)15-30-20-13-7-4-10-17(20)14-21(30)25(33)29-24-26(34)27-19-12-6-5-11-18(19)23(28-24)16-8-2-1-3-9-16/h1-14,24H,15H2,(H,27,34)(H,29,33)(H,31,32)/t24-/m1/s1. The number of carboxylic acid groups (broad SMARTS) is 1. The van der Waals surface area contributed by atoms with Gasteiger partial charge in [-0.3, -0.25) is 14.4 Å². The van der Waals surface area contributed by atoms with Crippen molar-refractivity contribution >= 4 is 40.1 Å². The van der Waals surface area contributed by atoms with Crippen molar-refractivity contribution in [3.8, 4) is 0 Å². The smallest absolute Gasteiger partial charge is 0.323 e. The van der Waals surface area contributed by atoms with Gasteiger partial charge in [0.1, 0.15) is 12.2 Å². The number of amides is 2. The molecular formula is C26H20N4O4. The van der Waals surface area contributed by atoms with Gasteiger partial charge in [-0.15, -0.1) is 0 Å². The minimum absolute atomic E-state index is 0.134. The first-order valence-corrected chi connectivity index (χ1v) is 10.7. The highest BCUT2D eigenvalue weighted by Crippen LogP contribution is 2.24. The number of fused-ring (bicyclic) bond motifs is 2. The average molecular weight is 452 g/mol. The van der Waals surface area contributed by atoms with Crippen LogP contribution >= 0.6 is 0 Å². The molecule has 1 aliphatic heterocycles. The molecule has 1 atom stereocenters. The SMILES string of the molecule is O=C(O)Cn1c(C(=O)N[C@H]2N=C(c3ccccc3)c3ccccc3NC2=O)cc2ccccc21. The maximum atomic E-state index is 13.3. The Hall–Kier alpha value is -4.72. The van der Waals surface area contributed by atoms with E-state index in [1.807, 2.05) is 54.6 Å². The van der Waals surface area contributed by atoms with Crippen molar-refractivity contribution < 1.29 is 19.5 Å². The van der Waals surface area contributed by atoms with Crippen LogP contribution < -0.4 is 10.6 Å². The molecule has 8 heteroatoms. The van der Waals surface area contributed by atoms with Crippen LogP contribution in [-0.2, 0) is 16.1 Å². The van der Waals surface area contributed by atoms with Gasteiger partial charge in [0, 0.05) is 22.0 Å². The Morgan fingerprint density at radius 3 is 2.47 bits per heavy atom. The lowest BCUT2D eigenvalue weighted by molar-refractivity contribution is -0.137. The summed E-state index contributed by atoms with van der Waals surface area (Å²) < 4.78 is 1.41. The zero-order valence-electron chi connectivity index (χ0n) is 17.9. The van der Waals surface area contributed by atoms with Gasteiger partial charge in [-0.1, -0.05) is 66.7 Å². The average Bonchev–Trinajstić information content (AvgIpc) is 3.13. The van der Waals surface area contributed by atoms with Gasteiger partial charge < -0.3 is 20.3 Å². The first-order valence-electron chi connectivity index (χ1n) is 10.7. The maximum Gasteiger partial charge on any atom is 0.323 e. The fraction of sp³-hybridized carbons (Fsp3) is 0.0769. The number of aliphatic carboxylic acids is 1. The molecule has 0 bridgehead atoms. The number of rotatable bonds is 5. The monoisotopic (exact) mass is 452 g/mol. The van der Waals surface area contributed by atoms with Gasteiger partial charge in [0.25, 0.3) is 11.8 Å². The summed E-state index contributed by atoms with van der Waals surface area (Å²) in [6, 6.07) is 25.4. The molecule has 3 aromatic carbocycles. The largest absolute Gasteiger partial charge is 0.480 e. The molecular weight excluding hydrogens is 432 g/mol. The molecule has 0 unspecified atom stereocenters. The molecule has 0 spiro atoms. The highest BCUT2D eigenvalue weighted by Gasteiger charge is 2.28. The van der Waals surface area contributed by atoms with E-state index in [2.05, 4.69) is 15.6 Å². The van der Waals surface area contributed by atoms with E-state index in [0.29, 0.717) is 16.9 Å². The Morgan fingerprint density at radius 2 is 1.68 bits per heavy atom. The zero-order valence-corrected chi connectivity index (χ0v) is 17.9. The Labute approximate surface area is 194 Å². The Morgan fingerprint density at radius 1 is 0.971 bits per heavy atom. The van der Waals surface area contributed by atoms with E-state index in [4.69, 9.17) is 0 Å². The second-order valence-corrected chi connectivity index (χ2v) is 7.82. The van der Waals surface area contributed by atoms with Gasteiger partial charge in [-0.25, -0.2) is 4.99 Å². The second-order valence-electron chi connectivity index (χ2n) is 7.82. The number of hydrogen-bond acceptors (Lipinski definition) is 4. The van der Waals surface area contributed by atoms with Crippen molar-refractivity contribution in [3.63, 3.8) is 0 Å². The summed E-state index contributed by atoms with van der Waals surface area (Å²) in [5, 5.41) is 15.6. The first-order chi connectivity index (χ1) is 16.5. The van der Waals surface area contributed by atoms with E-state index in [1.54, 1.807) is 30.3 Å². The number of para-hydroxylation sites is 2. The number of carbonyl (C=O) groups excluding carboxylic acids is 2. The topological polar surface area (TPSA) is 113 Å². The van der Waals surface area contributed by atoms with Crippen molar-refractivity contribution in [1.82, 2.24) is 9.88 Å². The number of hydrogen-bond donors (Lipinski definition) is 3. The molecule has 0 radical (unpaired) electrons. The number of carbonyl (C=O) groups is 3. The fourth-order valence-corrected chi connectivity index (χ4v) is 4.08. The Balaban J connectivity index is 1.55. The van der Waals surface area contributed by atoms with Gasteiger partial charge in [0.2, 0.25) is 6.17 Å². The van der Waals surface area contributed by atoms with E-state index >= 15 is 0 Å². The normalized spacial score (nSPS) is 15.1. The number of aliphatic imine (C=N–C) groups is 1. The predicted molar refractivity (Wildman–Crippen MR) is 128 cm³/mol. The number of benzene rings is 3. The minimum atomic E-state index is -1.22. The molecule has 4 aromatic rings. The lowest BCUT2D eigenvalue weighted by Crippen LogP contribution is -2.43. The lowest BCUT2D eigenvalue weighted by atomic mass is 10.0. The summed E-state index contributed by atoms with van der Waals surface area (Å²) in [5.74, 6) is -2.17. The van der Waals surface area contributed by atoms with Crippen LogP contribution in [0.15, 0.2) is 89.9 Å². The van der Waals surface area contributed by atoms with Gasteiger partial charge in [-0.2, -0.15) is 0 Å². The van der Waals surface area contributed by atoms with E-state index < -0.39 is 30.5 Å². The summed E-state index contributed by atoms with van der Waals surface area (Å²) in [6.07, 6.45) is -1.22. The van der Waals surface area contributed by atoms with Gasteiger partial charge in [0.15, 0.2) is 0 Å². The van der Waals surface area contributed by atoms with Crippen LogP contribution in [0.25, 0.3) is 10.9 Å². The van der Waals surface area contributed by atoms with Crippen molar-refractivity contribution in [3.05, 3.63) is 102 Å². The number of aromatic nitrogens is 1. The second kappa shape index (κ2) is 8.67. The number of carboxylic acids is 1. The van der Waals surface area contributed by atoms with Crippen LogP contribution in [0.2, 0.25) is 0 Å². The van der Waals surface area contributed by atoms with Crippen LogP contribution in [0.5, 0.6) is 0 Å². The summed E-state index contributed by atoms with van der Waals surface area (Å²) in [5.41, 5.74) is 3.43. The molecule has 34 heavy (non-hydrogen) atoms. The number of nitrogens with zero attached hydrogens (tertiary/aromatic N) is 2. The molecule has 2 amide bonds. The lowest BCUT2D eigenvalue weighted by Gasteiger charge is -2.14. The molecule has 5 rings (SSSR count). The zero-order chi connectivity index (χ0) is 23.7. The minimum Gasteiger partial charge on any atom is -0.480 e. The molecule has 0 fully saturated rings. The highest BCUT2D eigenvalue weighted by molar-refractivity contribution is 6.20.